The highest BCUT2D eigenvalue weighted by atomic mass is 79.9. The minimum absolute atomic E-state index is 0.0203. The number of nitro benzene ring substituents is 1. The molecule has 1 saturated heterocycles. The summed E-state index contributed by atoms with van der Waals surface area (Å²) in [6.07, 6.45) is 15.6. The van der Waals surface area contributed by atoms with Gasteiger partial charge in [-0.3, -0.25) is 24.1 Å². The quantitative estimate of drug-likeness (QED) is 0.0399. The van der Waals surface area contributed by atoms with Crippen LogP contribution in [-0.2, 0) is 23.1 Å². The molecule has 1 aliphatic heterocycles. The molecule has 12 nitrogen and oxygen atoms in total. The Morgan fingerprint density at radius 2 is 1.65 bits per heavy atom. The van der Waals surface area contributed by atoms with Gasteiger partial charge >= 0.3 is 13.9 Å². The van der Waals surface area contributed by atoms with Gasteiger partial charge in [0.05, 0.1) is 34.7 Å². The number of nitro groups is 1. The molecule has 2 aromatic carbocycles. The molecule has 0 radical (unpaired) electrons. The Bertz CT molecular complexity index is 1570. The zero-order chi connectivity index (χ0) is 39.9. The normalized spacial score (nSPS) is 18.8. The van der Waals surface area contributed by atoms with Gasteiger partial charge in [-0.2, -0.15) is 0 Å². The highest BCUT2D eigenvalue weighted by Crippen LogP contribution is 2.52. The van der Waals surface area contributed by atoms with Crippen LogP contribution in [0.5, 0.6) is 5.75 Å². The van der Waals surface area contributed by atoms with Gasteiger partial charge in [-0.25, -0.2) is 9.36 Å². The number of amides is 1. The largest absolute Gasteiger partial charge is 0.496 e. The molecule has 1 N–H and O–H groups in total. The van der Waals surface area contributed by atoms with E-state index in [1.54, 1.807) is 65.0 Å². The molecule has 3 rings (SSSR count). The summed E-state index contributed by atoms with van der Waals surface area (Å²) in [6.45, 7) is 10.5. The Kier molecular flexibility index (Phi) is 18.1. The average Bonchev–Trinajstić information content (AvgIpc) is 3.36. The lowest BCUT2D eigenvalue weighted by molar-refractivity contribution is -0.386. The summed E-state index contributed by atoms with van der Waals surface area (Å²) in [4.78, 5) is 37.7. The van der Waals surface area contributed by atoms with Gasteiger partial charge in [-0.1, -0.05) is 114 Å². The smallest absolute Gasteiger partial charge is 0.473 e. The van der Waals surface area contributed by atoms with Crippen LogP contribution >= 0.6 is 23.8 Å². The fourth-order valence-electron chi connectivity index (χ4n) is 6.52. The number of methoxy groups -OCH3 is 1. The monoisotopic (exact) mass is 838 g/mol. The number of benzene rings is 2. The van der Waals surface area contributed by atoms with Gasteiger partial charge < -0.3 is 19.1 Å². The van der Waals surface area contributed by atoms with E-state index in [1.807, 2.05) is 12.2 Å². The van der Waals surface area contributed by atoms with Crippen molar-refractivity contribution >= 4 is 35.5 Å². The molecular weight excluding hydrogens is 779 g/mol. The van der Waals surface area contributed by atoms with Crippen molar-refractivity contribution in [3.8, 4) is 5.75 Å². The number of phosphoric acid groups is 1. The lowest BCUT2D eigenvalue weighted by Gasteiger charge is -2.35. The van der Waals surface area contributed by atoms with Crippen molar-refractivity contribution in [1.82, 2.24) is 4.90 Å². The number of halogens is 1. The van der Waals surface area contributed by atoms with E-state index in [4.69, 9.17) is 23.3 Å². The first-order chi connectivity index (χ1) is 25.5. The van der Waals surface area contributed by atoms with Gasteiger partial charge in [0.15, 0.2) is 0 Å². The zero-order valence-electron chi connectivity index (χ0n) is 33.0. The summed E-state index contributed by atoms with van der Waals surface area (Å²) in [7, 11) is -3.58. The summed E-state index contributed by atoms with van der Waals surface area (Å²) in [5.74, 6) is 0.259. The molecule has 14 heteroatoms. The van der Waals surface area contributed by atoms with Crippen molar-refractivity contribution in [2.24, 2.45) is 0 Å². The third-order valence-corrected chi connectivity index (χ3v) is 10.7. The van der Waals surface area contributed by atoms with E-state index in [0.29, 0.717) is 10.0 Å². The number of hydrogen-bond donors (Lipinski definition) is 1. The Labute approximate surface area is 329 Å². The third kappa shape index (κ3) is 14.4. The molecule has 1 aliphatic rings. The SMILES string of the molecule is CCCCCCCCCCCCC/C=C/[C@H]1OC(C)(C)N(C(=O)OC(C)(C)C)[C@H]1COP(=O)(O)OC(c1ccccc1)c1cc(OC)c(Br)cc1[N+](=O)[O-]. The van der Waals surface area contributed by atoms with Crippen LogP contribution in [0.1, 0.15) is 136 Å². The second-order valence-electron chi connectivity index (χ2n) is 15.2. The number of carbonyl (C=O) groups is 1. The van der Waals surface area contributed by atoms with E-state index in [2.05, 4.69) is 22.9 Å². The zero-order valence-corrected chi connectivity index (χ0v) is 35.4. The number of phosphoric ester groups is 1. The van der Waals surface area contributed by atoms with Gasteiger partial charge in [-0.05, 0) is 75.0 Å². The summed E-state index contributed by atoms with van der Waals surface area (Å²) in [5, 5.41) is 12.2. The van der Waals surface area contributed by atoms with Gasteiger partial charge in [0, 0.05) is 6.07 Å². The van der Waals surface area contributed by atoms with Crippen molar-refractivity contribution in [1.29, 1.82) is 0 Å². The number of rotatable bonds is 22. The van der Waals surface area contributed by atoms with Crippen LogP contribution in [0.2, 0.25) is 0 Å². The molecule has 1 heterocycles. The van der Waals surface area contributed by atoms with E-state index in [0.717, 1.165) is 19.3 Å². The molecule has 2 unspecified atom stereocenters. The molecule has 0 bridgehead atoms. The fraction of sp³-hybridized carbons (Fsp3) is 0.625. The van der Waals surface area contributed by atoms with E-state index in [-0.39, 0.29) is 17.0 Å². The molecule has 1 amide bonds. The molecule has 54 heavy (non-hydrogen) atoms. The molecule has 4 atom stereocenters. The maximum Gasteiger partial charge on any atom is 0.473 e. The van der Waals surface area contributed by atoms with Crippen molar-refractivity contribution < 1.29 is 42.4 Å². The van der Waals surface area contributed by atoms with Crippen LogP contribution in [0.4, 0.5) is 10.5 Å². The van der Waals surface area contributed by atoms with Crippen LogP contribution in [-0.4, -0.2) is 58.0 Å². The Morgan fingerprint density at radius 3 is 2.20 bits per heavy atom. The Morgan fingerprint density at radius 1 is 1.06 bits per heavy atom. The second-order valence-corrected chi connectivity index (χ2v) is 17.4. The topological polar surface area (TPSA) is 147 Å². The third-order valence-electron chi connectivity index (χ3n) is 9.14. The maximum absolute atomic E-state index is 13.8. The highest BCUT2D eigenvalue weighted by Gasteiger charge is 2.51. The standard InChI is InChI=1S/C40H60BrN2O10P/c1-8-9-10-11-12-13-14-15-16-17-18-19-23-26-35-34(42(40(5,6)51-35)38(44)52-39(2,3)4)29-50-54(47,48)53-37(30-24-21-20-22-25-30)31-27-36(49-7)32(41)28-33(31)43(45)46/h20-28,34-35,37H,8-19,29H2,1-7H3,(H,47,48)/b26-23+/t34-,35+,37?/m0/s1. The summed E-state index contributed by atoms with van der Waals surface area (Å²) < 4.78 is 43.0. The van der Waals surface area contributed by atoms with Gasteiger partial charge in [0.1, 0.15) is 29.3 Å². The number of hydrogen-bond acceptors (Lipinski definition) is 9. The first-order valence-electron chi connectivity index (χ1n) is 19.1. The first kappa shape index (κ1) is 45.6. The van der Waals surface area contributed by atoms with E-state index < -0.39 is 55.0 Å². The minimum atomic E-state index is -4.98. The molecule has 2 aromatic rings. The van der Waals surface area contributed by atoms with Crippen molar-refractivity contribution in [3.63, 3.8) is 0 Å². The molecule has 0 aromatic heterocycles. The summed E-state index contributed by atoms with van der Waals surface area (Å²) >= 11 is 3.28. The summed E-state index contributed by atoms with van der Waals surface area (Å²) in [6, 6.07) is 10.1. The minimum Gasteiger partial charge on any atom is -0.496 e. The van der Waals surface area contributed by atoms with Crippen LogP contribution < -0.4 is 4.74 Å². The Hall–Kier alpha value is -2.80. The van der Waals surface area contributed by atoms with Crippen molar-refractivity contribution in [2.75, 3.05) is 13.7 Å². The lowest BCUT2D eigenvalue weighted by Crippen LogP contribution is -2.51. The van der Waals surface area contributed by atoms with Gasteiger partial charge in [0.25, 0.3) is 5.69 Å². The molecular formula is C40H60BrN2O10P. The van der Waals surface area contributed by atoms with Gasteiger partial charge in [-0.15, -0.1) is 0 Å². The number of allylic oxidation sites excluding steroid dienone is 1. The number of nitrogens with zero attached hydrogens (tertiary/aromatic N) is 2. The van der Waals surface area contributed by atoms with E-state index in [1.165, 1.54) is 81.9 Å². The number of unbranched alkanes of at least 4 members (excludes halogenated alkanes) is 11. The lowest BCUT2D eigenvalue weighted by atomic mass is 10.00. The molecule has 1 fully saturated rings. The predicted molar refractivity (Wildman–Crippen MR) is 214 cm³/mol. The molecule has 0 spiro atoms. The van der Waals surface area contributed by atoms with Gasteiger partial charge in [0.2, 0.25) is 0 Å². The second kappa shape index (κ2) is 21.5. The first-order valence-corrected chi connectivity index (χ1v) is 21.4. The summed E-state index contributed by atoms with van der Waals surface area (Å²) in [5.41, 5.74) is -1.98. The molecule has 0 saturated carbocycles. The van der Waals surface area contributed by atoms with Crippen LogP contribution in [0.3, 0.4) is 0 Å². The van der Waals surface area contributed by atoms with Crippen LogP contribution in [0.25, 0.3) is 0 Å². The maximum atomic E-state index is 13.8. The average molecular weight is 840 g/mol. The fourth-order valence-corrected chi connectivity index (χ4v) is 7.91. The van der Waals surface area contributed by atoms with E-state index >= 15 is 0 Å². The van der Waals surface area contributed by atoms with E-state index in [9.17, 15) is 24.4 Å². The highest BCUT2D eigenvalue weighted by molar-refractivity contribution is 9.10. The van der Waals surface area contributed by atoms with Crippen LogP contribution in [0, 0.1) is 10.1 Å². The molecule has 302 valence electrons. The van der Waals surface area contributed by atoms with Crippen molar-refractivity contribution in [3.05, 3.63) is 80.3 Å². The number of ether oxygens (including phenoxy) is 3. The predicted octanol–water partition coefficient (Wildman–Crippen LogP) is 11.6. The Balaban J connectivity index is 1.77. The number of carbonyl (C=O) groups excluding carboxylic acids is 1. The van der Waals surface area contributed by atoms with Crippen molar-refractivity contribution in [2.45, 2.75) is 148 Å². The van der Waals surface area contributed by atoms with Crippen LogP contribution in [0.15, 0.2) is 59.1 Å². The molecule has 0 aliphatic carbocycles.